The normalized spacial score (nSPS) is 14.4. The summed E-state index contributed by atoms with van der Waals surface area (Å²) < 4.78 is 7.16. The van der Waals surface area contributed by atoms with E-state index >= 15 is 0 Å². The molecule has 0 amide bonds. The summed E-state index contributed by atoms with van der Waals surface area (Å²) in [7, 11) is 1.68. The molecule has 1 N–H and O–H groups in total. The van der Waals surface area contributed by atoms with E-state index in [-0.39, 0.29) is 0 Å². The van der Waals surface area contributed by atoms with E-state index in [9.17, 15) is 0 Å². The third-order valence-corrected chi connectivity index (χ3v) is 3.06. The maximum atomic E-state index is 5.22. The summed E-state index contributed by atoms with van der Waals surface area (Å²) in [5, 5.41) is 7.92. The lowest BCUT2D eigenvalue weighted by molar-refractivity contribution is 0.414. The number of ether oxygens (including phenoxy) is 1. The predicted molar refractivity (Wildman–Crippen MR) is 65.5 cm³/mol. The number of aromatic nitrogens is 2. The summed E-state index contributed by atoms with van der Waals surface area (Å²) in [4.78, 5) is 0. The minimum absolute atomic E-state index is 0.856. The average molecular weight is 229 g/mol. The Labute approximate surface area is 100 Å². The molecule has 3 rings (SSSR count). The second kappa shape index (κ2) is 4.22. The van der Waals surface area contributed by atoms with Crippen molar-refractivity contribution in [3.63, 3.8) is 0 Å². The molecule has 0 aliphatic carbocycles. The van der Waals surface area contributed by atoms with E-state index in [1.165, 1.54) is 5.56 Å². The quantitative estimate of drug-likeness (QED) is 0.848. The van der Waals surface area contributed by atoms with Gasteiger partial charge < -0.3 is 10.1 Å². The molecule has 0 atom stereocenters. The number of nitrogens with one attached hydrogen (secondary N) is 1. The molecule has 0 unspecified atom stereocenters. The number of fused-ring (bicyclic) bond motifs is 1. The first kappa shape index (κ1) is 10.4. The molecular formula is C13H15N3O. The summed E-state index contributed by atoms with van der Waals surface area (Å²) in [6, 6.07) is 7.95. The maximum Gasteiger partial charge on any atom is 0.121 e. The summed E-state index contributed by atoms with van der Waals surface area (Å²) in [5.74, 6) is 0.856. The van der Waals surface area contributed by atoms with Crippen LogP contribution in [0.25, 0.3) is 5.69 Å². The predicted octanol–water partition coefficient (Wildman–Crippen LogP) is 1.53. The van der Waals surface area contributed by atoms with Gasteiger partial charge in [0.1, 0.15) is 5.75 Å². The molecule has 4 heteroatoms. The number of hydrogen-bond donors (Lipinski definition) is 1. The molecular weight excluding hydrogens is 214 g/mol. The molecule has 1 aromatic carbocycles. The van der Waals surface area contributed by atoms with Crippen LogP contribution in [0.2, 0.25) is 0 Å². The van der Waals surface area contributed by atoms with Gasteiger partial charge in [-0.15, -0.1) is 0 Å². The number of methoxy groups -OCH3 is 1. The van der Waals surface area contributed by atoms with Crippen molar-refractivity contribution in [3.05, 3.63) is 41.7 Å². The van der Waals surface area contributed by atoms with Gasteiger partial charge in [-0.05, 0) is 30.7 Å². The van der Waals surface area contributed by atoms with Crippen molar-refractivity contribution in [1.29, 1.82) is 0 Å². The van der Waals surface area contributed by atoms with Crippen molar-refractivity contribution >= 4 is 0 Å². The Morgan fingerprint density at radius 1 is 1.41 bits per heavy atom. The molecule has 2 aromatic rings. The van der Waals surface area contributed by atoms with Crippen molar-refractivity contribution < 1.29 is 4.74 Å². The molecule has 2 heterocycles. The second-order valence-electron chi connectivity index (χ2n) is 4.17. The molecule has 17 heavy (non-hydrogen) atoms. The molecule has 0 radical (unpaired) electrons. The fourth-order valence-corrected chi connectivity index (χ4v) is 2.12. The van der Waals surface area contributed by atoms with Gasteiger partial charge in [-0.2, -0.15) is 5.10 Å². The molecule has 0 fully saturated rings. The first-order valence-electron chi connectivity index (χ1n) is 5.79. The number of nitrogens with zero attached hydrogens (tertiary/aromatic N) is 2. The van der Waals surface area contributed by atoms with Gasteiger partial charge >= 0.3 is 0 Å². The highest BCUT2D eigenvalue weighted by Crippen LogP contribution is 2.19. The van der Waals surface area contributed by atoms with Gasteiger partial charge in [-0.25, -0.2) is 4.68 Å². The van der Waals surface area contributed by atoms with Gasteiger partial charge in [-0.3, -0.25) is 0 Å². The summed E-state index contributed by atoms with van der Waals surface area (Å²) in [6.45, 7) is 1.91. The van der Waals surface area contributed by atoms with E-state index in [2.05, 4.69) is 16.6 Å². The molecule has 0 bridgehead atoms. The molecule has 0 saturated heterocycles. The fourth-order valence-electron chi connectivity index (χ4n) is 2.12. The number of rotatable bonds is 2. The van der Waals surface area contributed by atoms with Crippen molar-refractivity contribution in [3.8, 4) is 11.4 Å². The molecule has 0 spiro atoms. The van der Waals surface area contributed by atoms with Crippen LogP contribution in [0.1, 0.15) is 11.3 Å². The number of benzene rings is 1. The third-order valence-electron chi connectivity index (χ3n) is 3.06. The lowest BCUT2D eigenvalue weighted by atomic mass is 10.1. The lowest BCUT2D eigenvalue weighted by Gasteiger charge is -2.09. The highest BCUT2D eigenvalue weighted by atomic mass is 16.5. The van der Waals surface area contributed by atoms with Crippen LogP contribution in [0.15, 0.2) is 30.5 Å². The van der Waals surface area contributed by atoms with Gasteiger partial charge in [0.25, 0.3) is 0 Å². The molecule has 1 aromatic heterocycles. The van der Waals surface area contributed by atoms with Crippen LogP contribution < -0.4 is 10.1 Å². The van der Waals surface area contributed by atoms with Gasteiger partial charge in [0.15, 0.2) is 0 Å². The van der Waals surface area contributed by atoms with E-state index in [1.54, 1.807) is 7.11 Å². The van der Waals surface area contributed by atoms with E-state index in [1.807, 2.05) is 28.9 Å². The van der Waals surface area contributed by atoms with Crippen molar-refractivity contribution in [2.75, 3.05) is 13.7 Å². The molecule has 88 valence electrons. The smallest absolute Gasteiger partial charge is 0.121 e. The third kappa shape index (κ3) is 1.91. The van der Waals surface area contributed by atoms with Crippen molar-refractivity contribution in [1.82, 2.24) is 15.1 Å². The summed E-state index contributed by atoms with van der Waals surface area (Å²) in [5.41, 5.74) is 3.53. The topological polar surface area (TPSA) is 39.1 Å². The summed E-state index contributed by atoms with van der Waals surface area (Å²) >= 11 is 0. The largest absolute Gasteiger partial charge is 0.497 e. The van der Waals surface area contributed by atoms with Crippen LogP contribution in [0.4, 0.5) is 0 Å². The van der Waals surface area contributed by atoms with E-state index in [0.717, 1.165) is 36.6 Å². The fraction of sp³-hybridized carbons (Fsp3) is 0.308. The Hall–Kier alpha value is -1.81. The first-order valence-corrected chi connectivity index (χ1v) is 5.79. The SMILES string of the molecule is COc1cccc(-n2cc3c(n2)CNCC3)c1. The Morgan fingerprint density at radius 2 is 2.35 bits per heavy atom. The minimum Gasteiger partial charge on any atom is -0.497 e. The zero-order valence-electron chi connectivity index (χ0n) is 9.81. The van der Waals surface area contributed by atoms with Gasteiger partial charge in [0, 0.05) is 18.8 Å². The first-order chi connectivity index (χ1) is 8.36. The average Bonchev–Trinajstić information content (AvgIpc) is 2.82. The monoisotopic (exact) mass is 229 g/mol. The highest BCUT2D eigenvalue weighted by Gasteiger charge is 2.13. The number of hydrogen-bond acceptors (Lipinski definition) is 3. The van der Waals surface area contributed by atoms with Crippen LogP contribution in [0.3, 0.4) is 0 Å². The van der Waals surface area contributed by atoms with E-state index < -0.39 is 0 Å². The van der Waals surface area contributed by atoms with Crippen LogP contribution in [0.5, 0.6) is 5.75 Å². The van der Waals surface area contributed by atoms with Gasteiger partial charge in [-0.1, -0.05) is 6.07 Å². The van der Waals surface area contributed by atoms with Crippen molar-refractivity contribution in [2.24, 2.45) is 0 Å². The Balaban J connectivity index is 2.00. The zero-order chi connectivity index (χ0) is 11.7. The standard InChI is InChI=1S/C13H15N3O/c1-17-12-4-2-3-11(7-12)16-9-10-5-6-14-8-13(10)15-16/h2-4,7,9,14H,5-6,8H2,1H3. The zero-order valence-corrected chi connectivity index (χ0v) is 9.81. The van der Waals surface area contributed by atoms with Crippen LogP contribution in [-0.2, 0) is 13.0 Å². The van der Waals surface area contributed by atoms with E-state index in [4.69, 9.17) is 4.74 Å². The molecule has 0 saturated carbocycles. The van der Waals surface area contributed by atoms with Gasteiger partial charge in [0.2, 0.25) is 0 Å². The Morgan fingerprint density at radius 3 is 3.18 bits per heavy atom. The molecule has 1 aliphatic heterocycles. The molecule has 1 aliphatic rings. The Kier molecular flexibility index (Phi) is 2.57. The van der Waals surface area contributed by atoms with E-state index in [0.29, 0.717) is 0 Å². The van der Waals surface area contributed by atoms with Crippen LogP contribution in [0, 0.1) is 0 Å². The van der Waals surface area contributed by atoms with Crippen LogP contribution >= 0.6 is 0 Å². The maximum absolute atomic E-state index is 5.22. The van der Waals surface area contributed by atoms with Crippen molar-refractivity contribution in [2.45, 2.75) is 13.0 Å². The van der Waals surface area contributed by atoms with Crippen LogP contribution in [-0.4, -0.2) is 23.4 Å². The lowest BCUT2D eigenvalue weighted by Crippen LogP contribution is -2.22. The minimum atomic E-state index is 0.856. The van der Waals surface area contributed by atoms with Gasteiger partial charge in [0.05, 0.1) is 18.5 Å². The molecule has 4 nitrogen and oxygen atoms in total. The highest BCUT2D eigenvalue weighted by molar-refractivity contribution is 5.39. The Bertz CT molecular complexity index is 510. The second-order valence-corrected chi connectivity index (χ2v) is 4.17. The summed E-state index contributed by atoms with van der Waals surface area (Å²) in [6.07, 6.45) is 3.17.